The Morgan fingerprint density at radius 3 is 2.84 bits per heavy atom. The number of benzene rings is 1. The number of phenolic OH excluding ortho intramolecular Hbond substituents is 1. The Kier molecular flexibility index (Phi) is 5.19. The maximum absolute atomic E-state index is 11.5. The van der Waals surface area contributed by atoms with Crippen molar-refractivity contribution in [2.45, 2.75) is 38.3 Å². The third-order valence-electron chi connectivity index (χ3n) is 4.63. The molecule has 0 bridgehead atoms. The van der Waals surface area contributed by atoms with Gasteiger partial charge in [-0.1, -0.05) is 18.2 Å². The standard InChI is InChI=1S/C19H23N3O3/c1-2-11-22-17-8-5-14(12-16(17)18(21-22)19(24)25)20-10-9-13-3-6-15(23)7-4-13/h2-4,6-7,14,20,23H,1,5,8-12H2,(H,24,25). The van der Waals surface area contributed by atoms with Crippen LogP contribution in [0.3, 0.4) is 0 Å². The van der Waals surface area contributed by atoms with Crippen LogP contribution in [0.15, 0.2) is 36.9 Å². The Hall–Kier alpha value is -2.60. The lowest BCUT2D eigenvalue weighted by Gasteiger charge is -2.24. The van der Waals surface area contributed by atoms with Crippen LogP contribution in [0.1, 0.15) is 33.7 Å². The minimum atomic E-state index is -0.969. The first-order chi connectivity index (χ1) is 12.1. The lowest BCUT2D eigenvalue weighted by Crippen LogP contribution is -2.36. The molecule has 1 aliphatic carbocycles. The highest BCUT2D eigenvalue weighted by molar-refractivity contribution is 5.87. The molecular formula is C19H23N3O3. The predicted octanol–water partition coefficient (Wildman–Crippen LogP) is 2.16. The SMILES string of the molecule is C=CCn1nc(C(=O)O)c2c1CCC(NCCc1ccc(O)cc1)C2. The summed E-state index contributed by atoms with van der Waals surface area (Å²) in [6.07, 6.45) is 5.07. The molecule has 0 saturated heterocycles. The van der Waals surface area contributed by atoms with Crippen molar-refractivity contribution in [2.24, 2.45) is 0 Å². The molecular weight excluding hydrogens is 318 g/mol. The van der Waals surface area contributed by atoms with Crippen molar-refractivity contribution in [2.75, 3.05) is 6.54 Å². The molecule has 3 rings (SSSR count). The zero-order chi connectivity index (χ0) is 17.8. The number of carboxylic acid groups (broad SMARTS) is 1. The van der Waals surface area contributed by atoms with Gasteiger partial charge >= 0.3 is 5.97 Å². The highest BCUT2D eigenvalue weighted by atomic mass is 16.4. The van der Waals surface area contributed by atoms with Crippen LogP contribution in [0.4, 0.5) is 0 Å². The Morgan fingerprint density at radius 1 is 1.40 bits per heavy atom. The molecule has 0 fully saturated rings. The quantitative estimate of drug-likeness (QED) is 0.672. The van der Waals surface area contributed by atoms with E-state index in [9.17, 15) is 15.0 Å². The summed E-state index contributed by atoms with van der Waals surface area (Å²) in [6, 6.07) is 7.46. The number of allylic oxidation sites excluding steroid dienone is 1. The first-order valence-corrected chi connectivity index (χ1v) is 8.52. The third-order valence-corrected chi connectivity index (χ3v) is 4.63. The van der Waals surface area contributed by atoms with E-state index in [2.05, 4.69) is 17.0 Å². The van der Waals surface area contributed by atoms with Crippen molar-refractivity contribution < 1.29 is 15.0 Å². The summed E-state index contributed by atoms with van der Waals surface area (Å²) in [5.74, 6) is -0.696. The molecule has 6 nitrogen and oxygen atoms in total. The number of nitrogens with zero attached hydrogens (tertiary/aromatic N) is 2. The summed E-state index contributed by atoms with van der Waals surface area (Å²) in [7, 11) is 0. The molecule has 2 aromatic rings. The first-order valence-electron chi connectivity index (χ1n) is 8.52. The van der Waals surface area contributed by atoms with Gasteiger partial charge in [0.25, 0.3) is 0 Å². The topological polar surface area (TPSA) is 87.4 Å². The molecule has 1 aromatic heterocycles. The van der Waals surface area contributed by atoms with E-state index in [1.807, 2.05) is 12.1 Å². The minimum absolute atomic E-state index is 0.168. The van der Waals surface area contributed by atoms with E-state index in [4.69, 9.17) is 0 Å². The lowest BCUT2D eigenvalue weighted by atomic mass is 9.91. The van der Waals surface area contributed by atoms with Gasteiger partial charge in [0.05, 0.1) is 6.54 Å². The van der Waals surface area contributed by atoms with Crippen LogP contribution >= 0.6 is 0 Å². The van der Waals surface area contributed by atoms with Gasteiger partial charge in [-0.2, -0.15) is 5.10 Å². The van der Waals surface area contributed by atoms with Gasteiger partial charge in [-0.15, -0.1) is 6.58 Å². The number of aromatic carboxylic acids is 1. The minimum Gasteiger partial charge on any atom is -0.508 e. The van der Waals surface area contributed by atoms with Crippen LogP contribution in [0.25, 0.3) is 0 Å². The third kappa shape index (κ3) is 3.91. The van der Waals surface area contributed by atoms with Gasteiger partial charge < -0.3 is 15.5 Å². The Bertz CT molecular complexity index is 765. The van der Waals surface area contributed by atoms with Crippen molar-refractivity contribution in [1.29, 1.82) is 0 Å². The Balaban J connectivity index is 1.63. The fourth-order valence-corrected chi connectivity index (χ4v) is 3.39. The van der Waals surface area contributed by atoms with Gasteiger partial charge in [-0.3, -0.25) is 4.68 Å². The number of aromatic nitrogens is 2. The van der Waals surface area contributed by atoms with Crippen molar-refractivity contribution >= 4 is 5.97 Å². The van der Waals surface area contributed by atoms with Crippen LogP contribution in [0, 0.1) is 0 Å². The molecule has 1 aliphatic rings. The molecule has 132 valence electrons. The van der Waals surface area contributed by atoms with Gasteiger partial charge in [-0.05, 0) is 49.9 Å². The fraction of sp³-hybridized carbons (Fsp3) is 0.368. The predicted molar refractivity (Wildman–Crippen MR) is 95.0 cm³/mol. The number of fused-ring (bicyclic) bond motifs is 1. The molecule has 0 aliphatic heterocycles. The molecule has 0 saturated carbocycles. The second kappa shape index (κ2) is 7.53. The molecule has 1 atom stereocenters. The van der Waals surface area contributed by atoms with Crippen LogP contribution in [0.5, 0.6) is 5.75 Å². The summed E-state index contributed by atoms with van der Waals surface area (Å²) in [4.78, 5) is 11.5. The lowest BCUT2D eigenvalue weighted by molar-refractivity contribution is 0.0688. The number of aromatic hydroxyl groups is 1. The van der Waals surface area contributed by atoms with E-state index in [1.54, 1.807) is 22.9 Å². The van der Waals surface area contributed by atoms with Gasteiger partial charge in [0.1, 0.15) is 5.75 Å². The average molecular weight is 341 g/mol. The Labute approximate surface area is 146 Å². The summed E-state index contributed by atoms with van der Waals surface area (Å²) in [5, 5.41) is 26.5. The van der Waals surface area contributed by atoms with Crippen LogP contribution in [-0.4, -0.2) is 38.5 Å². The fourth-order valence-electron chi connectivity index (χ4n) is 3.39. The van der Waals surface area contributed by atoms with E-state index in [0.717, 1.165) is 42.6 Å². The number of nitrogens with one attached hydrogen (secondary N) is 1. The highest BCUT2D eigenvalue weighted by Gasteiger charge is 2.28. The smallest absolute Gasteiger partial charge is 0.356 e. The second-order valence-corrected chi connectivity index (χ2v) is 6.36. The number of hydrogen-bond acceptors (Lipinski definition) is 4. The summed E-state index contributed by atoms with van der Waals surface area (Å²) in [5.41, 5.74) is 3.20. The van der Waals surface area contributed by atoms with Crippen LogP contribution in [0.2, 0.25) is 0 Å². The highest BCUT2D eigenvalue weighted by Crippen LogP contribution is 2.25. The number of carboxylic acids is 1. The Morgan fingerprint density at radius 2 is 2.16 bits per heavy atom. The monoisotopic (exact) mass is 341 g/mol. The van der Waals surface area contributed by atoms with E-state index >= 15 is 0 Å². The molecule has 0 spiro atoms. The second-order valence-electron chi connectivity index (χ2n) is 6.36. The summed E-state index contributed by atoms with van der Waals surface area (Å²) in [6.45, 7) is 5.06. The maximum Gasteiger partial charge on any atom is 0.356 e. The summed E-state index contributed by atoms with van der Waals surface area (Å²) < 4.78 is 1.76. The molecule has 1 aromatic carbocycles. The summed E-state index contributed by atoms with van der Waals surface area (Å²) >= 11 is 0. The average Bonchev–Trinajstić information content (AvgIpc) is 2.95. The van der Waals surface area contributed by atoms with E-state index < -0.39 is 5.97 Å². The van der Waals surface area contributed by atoms with Crippen molar-refractivity contribution in [3.63, 3.8) is 0 Å². The van der Waals surface area contributed by atoms with E-state index in [1.165, 1.54) is 0 Å². The van der Waals surface area contributed by atoms with Gasteiger partial charge in [0.2, 0.25) is 0 Å². The first kappa shape index (κ1) is 17.2. The molecule has 1 unspecified atom stereocenters. The maximum atomic E-state index is 11.5. The normalized spacial score (nSPS) is 16.4. The van der Waals surface area contributed by atoms with Crippen molar-refractivity contribution in [3.05, 3.63) is 59.4 Å². The van der Waals surface area contributed by atoms with Gasteiger partial charge in [-0.25, -0.2) is 4.79 Å². The van der Waals surface area contributed by atoms with E-state index in [-0.39, 0.29) is 17.5 Å². The molecule has 0 radical (unpaired) electrons. The largest absolute Gasteiger partial charge is 0.508 e. The number of phenols is 1. The van der Waals surface area contributed by atoms with Gasteiger partial charge in [0, 0.05) is 17.3 Å². The van der Waals surface area contributed by atoms with Crippen LogP contribution < -0.4 is 5.32 Å². The molecule has 6 heteroatoms. The zero-order valence-corrected chi connectivity index (χ0v) is 14.1. The molecule has 1 heterocycles. The number of hydrogen-bond donors (Lipinski definition) is 3. The number of carbonyl (C=O) groups is 1. The molecule has 0 amide bonds. The van der Waals surface area contributed by atoms with Crippen molar-refractivity contribution in [1.82, 2.24) is 15.1 Å². The molecule has 3 N–H and O–H groups in total. The zero-order valence-electron chi connectivity index (χ0n) is 14.1. The van der Waals surface area contributed by atoms with Crippen molar-refractivity contribution in [3.8, 4) is 5.75 Å². The van der Waals surface area contributed by atoms with Crippen LogP contribution in [-0.2, 0) is 25.8 Å². The number of rotatable bonds is 7. The molecule has 25 heavy (non-hydrogen) atoms. The van der Waals surface area contributed by atoms with Gasteiger partial charge in [0.15, 0.2) is 5.69 Å². The van der Waals surface area contributed by atoms with E-state index in [0.29, 0.717) is 13.0 Å².